The number of aliphatic hydroxyl groups is 1. The lowest BCUT2D eigenvalue weighted by atomic mass is 10.1. The first-order chi connectivity index (χ1) is 15.5. The highest BCUT2D eigenvalue weighted by atomic mass is 32.2. The average Bonchev–Trinajstić information content (AvgIpc) is 2.80. The minimum atomic E-state index is -0.438. The van der Waals surface area contributed by atoms with Gasteiger partial charge < -0.3 is 25.0 Å². The number of carbonyl (C=O) groups is 1. The van der Waals surface area contributed by atoms with Gasteiger partial charge in [0.25, 0.3) is 0 Å². The molecular weight excluding hydrogens is 426 g/mol. The number of urea groups is 1. The molecule has 2 atom stereocenters. The van der Waals surface area contributed by atoms with Crippen LogP contribution in [0.2, 0.25) is 0 Å². The normalized spacial score (nSPS) is 21.5. The Hall–Kier alpha value is -2.36. The summed E-state index contributed by atoms with van der Waals surface area (Å²) in [6, 6.07) is 9.80. The summed E-state index contributed by atoms with van der Waals surface area (Å²) >= 11 is 1.26. The van der Waals surface area contributed by atoms with Crippen molar-refractivity contribution < 1.29 is 14.6 Å². The molecule has 3 heterocycles. The lowest BCUT2D eigenvalue weighted by Crippen LogP contribution is -2.44. The van der Waals surface area contributed by atoms with Gasteiger partial charge in [-0.15, -0.1) is 0 Å². The van der Waals surface area contributed by atoms with E-state index in [1.807, 2.05) is 24.3 Å². The quantitative estimate of drug-likeness (QED) is 0.528. The van der Waals surface area contributed by atoms with Crippen molar-refractivity contribution in [2.24, 2.45) is 0 Å². The zero-order valence-corrected chi connectivity index (χ0v) is 19.6. The molecule has 4 rings (SSSR count). The second kappa shape index (κ2) is 10.5. The van der Waals surface area contributed by atoms with Crippen molar-refractivity contribution in [2.45, 2.75) is 37.7 Å². The summed E-state index contributed by atoms with van der Waals surface area (Å²) in [5.74, 6) is 2.50. The molecule has 9 heteroatoms. The van der Waals surface area contributed by atoms with Crippen LogP contribution in [-0.4, -0.2) is 77.3 Å². The topological polar surface area (TPSA) is 90.8 Å². The number of morpholine rings is 1. The number of hydrogen-bond donors (Lipinski definition) is 2. The van der Waals surface area contributed by atoms with Crippen LogP contribution in [0.25, 0.3) is 11.4 Å². The van der Waals surface area contributed by atoms with Crippen LogP contribution in [0.3, 0.4) is 0 Å². The molecule has 2 saturated heterocycles. The molecule has 2 aliphatic rings. The summed E-state index contributed by atoms with van der Waals surface area (Å²) in [5, 5.41) is 12.7. The number of aromatic nitrogens is 2. The molecule has 2 aromatic rings. The van der Waals surface area contributed by atoms with E-state index in [4.69, 9.17) is 14.7 Å². The van der Waals surface area contributed by atoms with Gasteiger partial charge in [-0.2, -0.15) is 0 Å². The van der Waals surface area contributed by atoms with Gasteiger partial charge in [-0.25, -0.2) is 14.8 Å². The number of aliphatic hydroxyl groups excluding tert-OH is 1. The van der Waals surface area contributed by atoms with Crippen LogP contribution in [-0.2, 0) is 22.3 Å². The SMILES string of the molecule is C[SH+]Cc1cc(N2CCOC[C@@H]2C)nc(-c2ccc(NC(=O)N3CCCC(O)C3)cc2)n1. The van der Waals surface area contributed by atoms with Crippen LogP contribution < -0.4 is 10.2 Å². The van der Waals surface area contributed by atoms with Gasteiger partial charge in [0.1, 0.15) is 11.6 Å². The summed E-state index contributed by atoms with van der Waals surface area (Å²) in [6.07, 6.45) is 3.26. The summed E-state index contributed by atoms with van der Waals surface area (Å²) in [5.41, 5.74) is 2.64. The Morgan fingerprint density at radius 2 is 2.09 bits per heavy atom. The van der Waals surface area contributed by atoms with Crippen molar-refractivity contribution in [2.75, 3.05) is 49.3 Å². The van der Waals surface area contributed by atoms with Gasteiger partial charge >= 0.3 is 6.03 Å². The molecule has 2 aliphatic heterocycles. The Labute approximate surface area is 193 Å². The van der Waals surface area contributed by atoms with E-state index in [2.05, 4.69) is 29.5 Å². The van der Waals surface area contributed by atoms with Crippen molar-refractivity contribution in [3.05, 3.63) is 36.0 Å². The summed E-state index contributed by atoms with van der Waals surface area (Å²) < 4.78 is 5.58. The van der Waals surface area contributed by atoms with Crippen molar-refractivity contribution in [3.63, 3.8) is 0 Å². The number of nitrogens with zero attached hydrogens (tertiary/aromatic N) is 4. The zero-order chi connectivity index (χ0) is 22.5. The van der Waals surface area contributed by atoms with Crippen LogP contribution in [0.5, 0.6) is 0 Å². The molecule has 2 N–H and O–H groups in total. The zero-order valence-electron chi connectivity index (χ0n) is 18.7. The third-order valence-electron chi connectivity index (χ3n) is 5.83. The third kappa shape index (κ3) is 5.51. The van der Waals surface area contributed by atoms with Crippen LogP contribution >= 0.6 is 0 Å². The van der Waals surface area contributed by atoms with Crippen molar-refractivity contribution >= 4 is 29.3 Å². The molecule has 2 amide bonds. The van der Waals surface area contributed by atoms with Gasteiger partial charge in [0, 0.05) is 37.0 Å². The van der Waals surface area contributed by atoms with E-state index in [0.717, 1.165) is 42.2 Å². The van der Waals surface area contributed by atoms with Gasteiger partial charge in [-0.1, -0.05) is 0 Å². The van der Waals surface area contributed by atoms with Crippen molar-refractivity contribution in [3.8, 4) is 11.4 Å². The van der Waals surface area contributed by atoms with E-state index in [1.54, 1.807) is 4.90 Å². The second-order valence-electron chi connectivity index (χ2n) is 8.38. The highest BCUT2D eigenvalue weighted by Gasteiger charge is 2.23. The molecule has 2 fully saturated rings. The Morgan fingerprint density at radius 3 is 2.81 bits per heavy atom. The molecular formula is C23H32N5O3S+. The Morgan fingerprint density at radius 1 is 1.28 bits per heavy atom. The third-order valence-corrected chi connectivity index (χ3v) is 6.47. The second-order valence-corrected chi connectivity index (χ2v) is 9.33. The largest absolute Gasteiger partial charge is 0.391 e. The molecule has 0 radical (unpaired) electrons. The monoisotopic (exact) mass is 458 g/mol. The first-order valence-corrected chi connectivity index (χ1v) is 12.7. The van der Waals surface area contributed by atoms with Gasteiger partial charge in [0.2, 0.25) is 0 Å². The summed E-state index contributed by atoms with van der Waals surface area (Å²) in [6.45, 7) is 5.41. The number of ether oxygens (including phenoxy) is 1. The molecule has 172 valence electrons. The molecule has 0 saturated carbocycles. The standard InChI is InChI=1S/C23H31N5O3S/c1-16-14-31-11-10-28(16)21-12-19(15-32-2)24-22(26-21)17-5-7-18(8-6-17)25-23(30)27-9-3-4-20(29)13-27/h5-8,12,16,20,29H,3-4,9-11,13-15H2,1-2H3,(H,25,30)/p+1/t16-,20?/m0/s1. The predicted molar refractivity (Wildman–Crippen MR) is 129 cm³/mol. The number of benzene rings is 1. The fourth-order valence-electron chi connectivity index (χ4n) is 4.11. The molecule has 0 bridgehead atoms. The summed E-state index contributed by atoms with van der Waals surface area (Å²) in [4.78, 5) is 26.1. The van der Waals surface area contributed by atoms with Gasteiger partial charge in [0.05, 0.1) is 37.3 Å². The number of hydrogen-bond acceptors (Lipinski definition) is 6. The van der Waals surface area contributed by atoms with Gasteiger partial charge in [-0.3, -0.25) is 0 Å². The molecule has 1 aromatic carbocycles. The lowest BCUT2D eigenvalue weighted by Gasteiger charge is -2.34. The Balaban J connectivity index is 1.52. The molecule has 1 unspecified atom stereocenters. The molecule has 0 aliphatic carbocycles. The summed E-state index contributed by atoms with van der Waals surface area (Å²) in [7, 11) is 0. The first kappa shape index (κ1) is 22.8. The lowest BCUT2D eigenvalue weighted by molar-refractivity contribution is 0.0883. The smallest absolute Gasteiger partial charge is 0.321 e. The number of rotatable bonds is 5. The maximum absolute atomic E-state index is 12.5. The maximum Gasteiger partial charge on any atom is 0.321 e. The number of likely N-dealkylation sites (tertiary alicyclic amines) is 1. The number of nitrogens with one attached hydrogen (secondary N) is 1. The van der Waals surface area contributed by atoms with Crippen LogP contribution in [0.1, 0.15) is 25.5 Å². The molecule has 0 spiro atoms. The van der Waals surface area contributed by atoms with Crippen molar-refractivity contribution in [1.82, 2.24) is 14.9 Å². The number of amides is 2. The van der Waals surface area contributed by atoms with E-state index in [9.17, 15) is 9.90 Å². The average molecular weight is 459 g/mol. The maximum atomic E-state index is 12.5. The van der Waals surface area contributed by atoms with E-state index in [-0.39, 0.29) is 12.1 Å². The van der Waals surface area contributed by atoms with Crippen LogP contribution in [0, 0.1) is 0 Å². The number of thiol groups is 1. The number of β-amino-alcohol motifs (C(OH)–C–C–N with tert-alkyl or cyclic N) is 1. The highest BCUT2D eigenvalue weighted by molar-refractivity contribution is 7.76. The Kier molecular flexibility index (Phi) is 7.49. The minimum Gasteiger partial charge on any atom is -0.391 e. The first-order valence-electron chi connectivity index (χ1n) is 11.2. The number of anilines is 2. The van der Waals surface area contributed by atoms with E-state index < -0.39 is 6.10 Å². The highest BCUT2D eigenvalue weighted by Crippen LogP contribution is 2.25. The molecule has 32 heavy (non-hydrogen) atoms. The van der Waals surface area contributed by atoms with Gasteiger partial charge in [0.15, 0.2) is 5.82 Å². The fourth-order valence-corrected chi connectivity index (χ4v) is 4.60. The predicted octanol–water partition coefficient (Wildman–Crippen LogP) is 2.30. The van der Waals surface area contributed by atoms with E-state index in [0.29, 0.717) is 37.8 Å². The molecule has 1 aromatic heterocycles. The molecule has 8 nitrogen and oxygen atoms in total. The van der Waals surface area contributed by atoms with Crippen molar-refractivity contribution in [1.29, 1.82) is 0 Å². The fraction of sp³-hybridized carbons (Fsp3) is 0.522. The Bertz CT molecular complexity index is 926. The number of piperidine rings is 1. The minimum absolute atomic E-state index is 0.180. The van der Waals surface area contributed by atoms with Gasteiger partial charge in [-0.05, 0) is 55.8 Å². The number of carbonyl (C=O) groups excluding carboxylic acids is 1. The van der Waals surface area contributed by atoms with Crippen LogP contribution in [0.15, 0.2) is 30.3 Å². The van der Waals surface area contributed by atoms with E-state index >= 15 is 0 Å². The van der Waals surface area contributed by atoms with Crippen LogP contribution in [0.4, 0.5) is 16.3 Å². The van der Waals surface area contributed by atoms with E-state index in [1.165, 1.54) is 11.8 Å².